The molecule has 0 spiro atoms. The highest BCUT2D eigenvalue weighted by molar-refractivity contribution is 5.93. The van der Waals surface area contributed by atoms with E-state index in [4.69, 9.17) is 0 Å². The number of carbonyl (C=O) groups excluding carboxylic acids is 1. The summed E-state index contributed by atoms with van der Waals surface area (Å²) in [6, 6.07) is 13.5. The number of piperazine rings is 1. The number of phenols is 1. The number of hydrogen-bond donors (Lipinski definition) is 2. The third-order valence-electron chi connectivity index (χ3n) is 5.22. The number of hydrogen-bond acceptors (Lipinski definition) is 4. The van der Waals surface area contributed by atoms with E-state index in [-0.39, 0.29) is 11.7 Å². The standard InChI is InChI=1S/C22H29N3O2/c1-3-17-6-5-7-18(4-2)22(17)23-21(27)16-24-12-14-25(15-13-24)19-8-10-20(26)11-9-19/h5-11,26H,3-4,12-16H2,1-2H3,(H,23,27). The largest absolute Gasteiger partial charge is 0.508 e. The Morgan fingerprint density at radius 1 is 0.963 bits per heavy atom. The second-order valence-electron chi connectivity index (χ2n) is 6.99. The number of nitrogens with zero attached hydrogens (tertiary/aromatic N) is 2. The maximum absolute atomic E-state index is 12.6. The Labute approximate surface area is 161 Å². The summed E-state index contributed by atoms with van der Waals surface area (Å²) in [5.74, 6) is 0.344. The Hall–Kier alpha value is -2.53. The molecule has 5 nitrogen and oxygen atoms in total. The molecular formula is C22H29N3O2. The van der Waals surface area contributed by atoms with Crippen LogP contribution in [0.25, 0.3) is 0 Å². The fourth-order valence-corrected chi connectivity index (χ4v) is 3.61. The van der Waals surface area contributed by atoms with Gasteiger partial charge in [0.15, 0.2) is 0 Å². The lowest BCUT2D eigenvalue weighted by Gasteiger charge is -2.35. The summed E-state index contributed by atoms with van der Waals surface area (Å²) >= 11 is 0. The van der Waals surface area contributed by atoms with E-state index < -0.39 is 0 Å². The van der Waals surface area contributed by atoms with E-state index in [0.29, 0.717) is 6.54 Å². The topological polar surface area (TPSA) is 55.8 Å². The molecule has 2 N–H and O–H groups in total. The van der Waals surface area contributed by atoms with Crippen LogP contribution in [0.3, 0.4) is 0 Å². The highest BCUT2D eigenvalue weighted by atomic mass is 16.3. The minimum Gasteiger partial charge on any atom is -0.508 e. The number of amides is 1. The van der Waals surface area contributed by atoms with E-state index in [1.807, 2.05) is 12.1 Å². The molecule has 3 rings (SSSR count). The van der Waals surface area contributed by atoms with Crippen LogP contribution in [0, 0.1) is 0 Å². The van der Waals surface area contributed by atoms with E-state index in [0.717, 1.165) is 50.4 Å². The maximum atomic E-state index is 12.6. The molecule has 27 heavy (non-hydrogen) atoms. The van der Waals surface area contributed by atoms with Crippen LogP contribution in [0.2, 0.25) is 0 Å². The summed E-state index contributed by atoms with van der Waals surface area (Å²) in [6.07, 6.45) is 1.82. The predicted octanol–water partition coefficient (Wildman–Crippen LogP) is 3.28. The quantitative estimate of drug-likeness (QED) is 0.823. The minimum absolute atomic E-state index is 0.0590. The number of carbonyl (C=O) groups is 1. The van der Waals surface area contributed by atoms with Crippen LogP contribution in [-0.4, -0.2) is 48.6 Å². The summed E-state index contributed by atoms with van der Waals surface area (Å²) in [4.78, 5) is 17.1. The molecule has 1 aliphatic rings. The average Bonchev–Trinajstić information content (AvgIpc) is 2.69. The van der Waals surface area contributed by atoms with Gasteiger partial charge in [0, 0.05) is 37.6 Å². The Bertz CT molecular complexity index is 743. The van der Waals surface area contributed by atoms with Gasteiger partial charge in [-0.3, -0.25) is 9.69 Å². The number of aryl methyl sites for hydroxylation is 2. The van der Waals surface area contributed by atoms with Crippen LogP contribution in [0.15, 0.2) is 42.5 Å². The zero-order chi connectivity index (χ0) is 19.2. The second-order valence-corrected chi connectivity index (χ2v) is 6.99. The number of para-hydroxylation sites is 1. The van der Waals surface area contributed by atoms with Crippen molar-refractivity contribution in [3.8, 4) is 5.75 Å². The van der Waals surface area contributed by atoms with Crippen LogP contribution in [0.1, 0.15) is 25.0 Å². The Morgan fingerprint density at radius 3 is 2.11 bits per heavy atom. The first kappa shape index (κ1) is 19.2. The lowest BCUT2D eigenvalue weighted by molar-refractivity contribution is -0.117. The van der Waals surface area contributed by atoms with Crippen LogP contribution >= 0.6 is 0 Å². The molecule has 0 saturated carbocycles. The molecule has 2 aromatic rings. The third kappa shape index (κ3) is 4.80. The van der Waals surface area contributed by atoms with Gasteiger partial charge >= 0.3 is 0 Å². The van der Waals surface area contributed by atoms with Crippen molar-refractivity contribution < 1.29 is 9.90 Å². The van der Waals surface area contributed by atoms with Gasteiger partial charge in [0.1, 0.15) is 5.75 Å². The molecule has 0 bridgehead atoms. The zero-order valence-electron chi connectivity index (χ0n) is 16.2. The van der Waals surface area contributed by atoms with Gasteiger partial charge < -0.3 is 15.3 Å². The lowest BCUT2D eigenvalue weighted by atomic mass is 10.0. The number of anilines is 2. The molecule has 1 amide bonds. The first-order chi connectivity index (χ1) is 13.1. The van der Waals surface area contributed by atoms with Crippen LogP contribution < -0.4 is 10.2 Å². The van der Waals surface area contributed by atoms with E-state index in [2.05, 4.69) is 47.2 Å². The SMILES string of the molecule is CCc1cccc(CC)c1NC(=O)CN1CCN(c2ccc(O)cc2)CC1. The zero-order valence-corrected chi connectivity index (χ0v) is 16.2. The highest BCUT2D eigenvalue weighted by Gasteiger charge is 2.20. The molecule has 0 aromatic heterocycles. The van der Waals surface area contributed by atoms with E-state index in [1.165, 1.54) is 11.1 Å². The molecule has 1 saturated heterocycles. The number of benzene rings is 2. The van der Waals surface area contributed by atoms with Crippen molar-refractivity contribution in [3.05, 3.63) is 53.6 Å². The summed E-state index contributed by atoms with van der Waals surface area (Å²) < 4.78 is 0. The minimum atomic E-state index is 0.0590. The molecule has 1 aliphatic heterocycles. The van der Waals surface area contributed by atoms with Crippen molar-refractivity contribution in [2.75, 3.05) is 42.9 Å². The molecule has 1 heterocycles. The van der Waals surface area contributed by atoms with Crippen molar-refractivity contribution in [1.29, 1.82) is 0 Å². The van der Waals surface area contributed by atoms with E-state index in [1.54, 1.807) is 12.1 Å². The fourth-order valence-electron chi connectivity index (χ4n) is 3.61. The number of nitrogens with one attached hydrogen (secondary N) is 1. The number of rotatable bonds is 6. The summed E-state index contributed by atoms with van der Waals surface area (Å²) in [6.45, 7) is 8.12. The summed E-state index contributed by atoms with van der Waals surface area (Å²) in [5, 5.41) is 12.6. The monoisotopic (exact) mass is 367 g/mol. The first-order valence-electron chi connectivity index (χ1n) is 9.77. The Balaban J connectivity index is 1.55. The third-order valence-corrected chi connectivity index (χ3v) is 5.22. The molecule has 5 heteroatoms. The van der Waals surface area contributed by atoms with Gasteiger partial charge in [0.2, 0.25) is 5.91 Å². The van der Waals surface area contributed by atoms with Crippen molar-refractivity contribution in [3.63, 3.8) is 0 Å². The molecule has 0 atom stereocenters. The average molecular weight is 367 g/mol. The van der Waals surface area contributed by atoms with Gasteiger partial charge in [-0.1, -0.05) is 32.0 Å². The molecule has 0 radical (unpaired) electrons. The van der Waals surface area contributed by atoms with Gasteiger partial charge in [0.05, 0.1) is 6.54 Å². The molecule has 144 valence electrons. The van der Waals surface area contributed by atoms with Crippen molar-refractivity contribution in [2.24, 2.45) is 0 Å². The predicted molar refractivity (Wildman–Crippen MR) is 111 cm³/mol. The van der Waals surface area contributed by atoms with Gasteiger partial charge in [0.25, 0.3) is 0 Å². The molecule has 2 aromatic carbocycles. The lowest BCUT2D eigenvalue weighted by Crippen LogP contribution is -2.48. The highest BCUT2D eigenvalue weighted by Crippen LogP contribution is 2.23. The fraction of sp³-hybridized carbons (Fsp3) is 0.409. The summed E-state index contributed by atoms with van der Waals surface area (Å²) in [7, 11) is 0. The van der Waals surface area contributed by atoms with Crippen LogP contribution in [-0.2, 0) is 17.6 Å². The molecular weight excluding hydrogens is 338 g/mol. The van der Waals surface area contributed by atoms with E-state index in [9.17, 15) is 9.90 Å². The van der Waals surface area contributed by atoms with Gasteiger partial charge in [-0.25, -0.2) is 0 Å². The van der Waals surface area contributed by atoms with E-state index >= 15 is 0 Å². The second kappa shape index (κ2) is 8.91. The van der Waals surface area contributed by atoms with Gasteiger partial charge in [-0.15, -0.1) is 0 Å². The first-order valence-corrected chi connectivity index (χ1v) is 9.77. The van der Waals surface area contributed by atoms with Crippen molar-refractivity contribution in [1.82, 2.24) is 4.90 Å². The Kier molecular flexibility index (Phi) is 6.35. The van der Waals surface area contributed by atoms with Gasteiger partial charge in [-0.05, 0) is 48.2 Å². The Morgan fingerprint density at radius 2 is 1.56 bits per heavy atom. The number of phenolic OH excluding ortho intramolecular Hbond substituents is 1. The van der Waals surface area contributed by atoms with Crippen molar-refractivity contribution in [2.45, 2.75) is 26.7 Å². The molecule has 0 unspecified atom stereocenters. The molecule has 0 aliphatic carbocycles. The van der Waals surface area contributed by atoms with Crippen LogP contribution in [0.4, 0.5) is 11.4 Å². The molecule has 1 fully saturated rings. The maximum Gasteiger partial charge on any atom is 0.238 e. The van der Waals surface area contributed by atoms with Crippen molar-refractivity contribution >= 4 is 17.3 Å². The summed E-state index contributed by atoms with van der Waals surface area (Å²) in [5.41, 5.74) is 4.50. The normalized spacial score (nSPS) is 15.0. The smallest absolute Gasteiger partial charge is 0.238 e. The van der Waals surface area contributed by atoms with Crippen LogP contribution in [0.5, 0.6) is 5.75 Å². The van der Waals surface area contributed by atoms with Gasteiger partial charge in [-0.2, -0.15) is 0 Å². The number of aromatic hydroxyl groups is 1.